The normalized spacial score (nSPS) is 10.2. The molecule has 0 radical (unpaired) electrons. The van der Waals surface area contributed by atoms with Crippen molar-refractivity contribution in [3.8, 4) is 0 Å². The van der Waals surface area contributed by atoms with Crippen molar-refractivity contribution < 1.29 is 9.59 Å². The molecule has 0 bridgehead atoms. The summed E-state index contributed by atoms with van der Waals surface area (Å²) in [6.07, 6.45) is 0.670. The Bertz CT molecular complexity index is 513. The zero-order chi connectivity index (χ0) is 10.8. The lowest BCUT2D eigenvalue weighted by atomic mass is 10.2. The minimum absolute atomic E-state index is 0.188. The standard InChI is InChI=1S/C10H8N2O2S/c1-6-11-9(5-15-6)10(14)8-3-2-7(4-13)12-8/h2-5,12H,1H3. The van der Waals surface area contributed by atoms with Crippen LogP contribution in [-0.2, 0) is 0 Å². The number of carbonyl (C=O) groups is 2. The number of aldehydes is 1. The maximum Gasteiger partial charge on any atom is 0.228 e. The molecule has 5 heteroatoms. The topological polar surface area (TPSA) is 62.8 Å². The summed E-state index contributed by atoms with van der Waals surface area (Å²) in [7, 11) is 0. The molecule has 1 N–H and O–H groups in total. The molecule has 0 spiro atoms. The van der Waals surface area contributed by atoms with Crippen molar-refractivity contribution in [1.82, 2.24) is 9.97 Å². The maximum absolute atomic E-state index is 11.8. The van der Waals surface area contributed by atoms with E-state index < -0.39 is 0 Å². The molecule has 0 saturated carbocycles. The smallest absolute Gasteiger partial charge is 0.228 e. The average Bonchev–Trinajstić information content (AvgIpc) is 2.84. The van der Waals surface area contributed by atoms with E-state index in [9.17, 15) is 9.59 Å². The molecule has 0 aliphatic carbocycles. The number of aromatic nitrogens is 2. The highest BCUT2D eigenvalue weighted by molar-refractivity contribution is 7.09. The molecule has 0 aliphatic rings. The minimum Gasteiger partial charge on any atom is -0.350 e. The molecule has 2 aromatic rings. The number of carbonyl (C=O) groups excluding carboxylic acids is 2. The van der Waals surface area contributed by atoms with Gasteiger partial charge in [0.15, 0.2) is 6.29 Å². The number of thiazole rings is 1. The van der Waals surface area contributed by atoms with Gasteiger partial charge in [-0.3, -0.25) is 9.59 Å². The van der Waals surface area contributed by atoms with Gasteiger partial charge >= 0.3 is 0 Å². The fraction of sp³-hybridized carbons (Fsp3) is 0.100. The Kier molecular flexibility index (Phi) is 2.47. The van der Waals surface area contributed by atoms with Gasteiger partial charge in [-0.1, -0.05) is 0 Å². The van der Waals surface area contributed by atoms with Gasteiger partial charge in [-0.2, -0.15) is 0 Å². The van der Waals surface area contributed by atoms with E-state index in [0.29, 0.717) is 23.4 Å². The van der Waals surface area contributed by atoms with E-state index in [-0.39, 0.29) is 5.78 Å². The third-order valence-corrected chi connectivity index (χ3v) is 2.71. The lowest BCUT2D eigenvalue weighted by Crippen LogP contribution is -2.02. The third-order valence-electron chi connectivity index (χ3n) is 1.93. The molecular weight excluding hydrogens is 212 g/mol. The minimum atomic E-state index is -0.188. The molecule has 2 rings (SSSR count). The number of rotatable bonds is 3. The fourth-order valence-corrected chi connectivity index (χ4v) is 1.81. The van der Waals surface area contributed by atoms with E-state index in [0.717, 1.165) is 5.01 Å². The summed E-state index contributed by atoms with van der Waals surface area (Å²) in [5, 5.41) is 2.56. The average molecular weight is 220 g/mol. The number of H-pyrrole nitrogens is 1. The maximum atomic E-state index is 11.8. The first-order valence-electron chi connectivity index (χ1n) is 4.31. The van der Waals surface area contributed by atoms with Gasteiger partial charge in [0.05, 0.1) is 16.4 Å². The molecule has 0 fully saturated rings. The SMILES string of the molecule is Cc1nc(C(=O)c2ccc(C=O)[nH]2)cs1. The first-order chi connectivity index (χ1) is 7.20. The van der Waals surface area contributed by atoms with Crippen LogP contribution in [0.4, 0.5) is 0 Å². The predicted octanol–water partition coefficient (Wildman–Crippen LogP) is 1.82. The predicted molar refractivity (Wildman–Crippen MR) is 56.5 cm³/mol. The monoisotopic (exact) mass is 220 g/mol. The van der Waals surface area contributed by atoms with Crippen molar-refractivity contribution in [2.75, 3.05) is 0 Å². The second-order valence-electron chi connectivity index (χ2n) is 3.03. The van der Waals surface area contributed by atoms with Gasteiger partial charge in [0.1, 0.15) is 5.69 Å². The van der Waals surface area contributed by atoms with Crippen LogP contribution in [0.15, 0.2) is 17.5 Å². The highest BCUT2D eigenvalue weighted by atomic mass is 32.1. The highest BCUT2D eigenvalue weighted by Crippen LogP contribution is 2.12. The van der Waals surface area contributed by atoms with Gasteiger partial charge in [-0.15, -0.1) is 11.3 Å². The van der Waals surface area contributed by atoms with Gasteiger partial charge in [-0.05, 0) is 19.1 Å². The zero-order valence-electron chi connectivity index (χ0n) is 7.98. The molecule has 0 unspecified atom stereocenters. The Morgan fingerprint density at radius 2 is 2.33 bits per heavy atom. The molecule has 0 saturated heterocycles. The zero-order valence-corrected chi connectivity index (χ0v) is 8.80. The van der Waals surface area contributed by atoms with Crippen LogP contribution in [0.1, 0.15) is 31.7 Å². The number of hydrogen-bond acceptors (Lipinski definition) is 4. The van der Waals surface area contributed by atoms with E-state index in [1.165, 1.54) is 11.3 Å². The first-order valence-corrected chi connectivity index (χ1v) is 5.19. The largest absolute Gasteiger partial charge is 0.350 e. The van der Waals surface area contributed by atoms with E-state index in [2.05, 4.69) is 9.97 Å². The van der Waals surface area contributed by atoms with E-state index in [4.69, 9.17) is 0 Å². The van der Waals surface area contributed by atoms with Crippen molar-refractivity contribution in [1.29, 1.82) is 0 Å². The summed E-state index contributed by atoms with van der Waals surface area (Å²) in [4.78, 5) is 29.0. The first kappa shape index (κ1) is 9.79. The highest BCUT2D eigenvalue weighted by Gasteiger charge is 2.13. The number of nitrogens with zero attached hydrogens (tertiary/aromatic N) is 1. The molecular formula is C10H8N2O2S. The molecule has 0 aliphatic heterocycles. The van der Waals surface area contributed by atoms with Crippen molar-refractivity contribution in [2.45, 2.75) is 6.92 Å². The summed E-state index contributed by atoms with van der Waals surface area (Å²) in [5.41, 5.74) is 1.20. The van der Waals surface area contributed by atoms with Gasteiger partial charge < -0.3 is 4.98 Å². The van der Waals surface area contributed by atoms with Crippen molar-refractivity contribution in [3.63, 3.8) is 0 Å². The Morgan fingerprint density at radius 1 is 1.53 bits per heavy atom. The third kappa shape index (κ3) is 1.87. The number of ketones is 1. The van der Waals surface area contributed by atoms with Crippen molar-refractivity contribution in [3.05, 3.63) is 39.6 Å². The van der Waals surface area contributed by atoms with Gasteiger partial charge in [0.2, 0.25) is 5.78 Å². The molecule has 0 atom stereocenters. The van der Waals surface area contributed by atoms with Crippen LogP contribution in [0.3, 0.4) is 0 Å². The van der Waals surface area contributed by atoms with Crippen LogP contribution >= 0.6 is 11.3 Å². The van der Waals surface area contributed by atoms with Gasteiger partial charge in [0, 0.05) is 5.38 Å². The Balaban J connectivity index is 2.31. The number of aryl methyl sites for hydroxylation is 1. The molecule has 2 heterocycles. The molecule has 4 nitrogen and oxygen atoms in total. The van der Waals surface area contributed by atoms with E-state index in [1.807, 2.05) is 6.92 Å². The summed E-state index contributed by atoms with van der Waals surface area (Å²) >= 11 is 1.42. The molecule has 0 amide bonds. The van der Waals surface area contributed by atoms with Crippen molar-refractivity contribution in [2.24, 2.45) is 0 Å². The number of aromatic amines is 1. The molecule has 0 aromatic carbocycles. The van der Waals surface area contributed by atoms with Crippen LogP contribution in [0.5, 0.6) is 0 Å². The van der Waals surface area contributed by atoms with E-state index in [1.54, 1.807) is 17.5 Å². The van der Waals surface area contributed by atoms with Crippen LogP contribution < -0.4 is 0 Å². The van der Waals surface area contributed by atoms with E-state index >= 15 is 0 Å². The van der Waals surface area contributed by atoms with Gasteiger partial charge in [-0.25, -0.2) is 4.98 Å². The quantitative estimate of drug-likeness (QED) is 0.634. The second kappa shape index (κ2) is 3.78. The lowest BCUT2D eigenvalue weighted by molar-refractivity contribution is 0.103. The van der Waals surface area contributed by atoms with Crippen LogP contribution in [0, 0.1) is 6.92 Å². The van der Waals surface area contributed by atoms with Gasteiger partial charge in [0.25, 0.3) is 0 Å². The summed E-state index contributed by atoms with van der Waals surface area (Å²) in [5.74, 6) is -0.188. The Morgan fingerprint density at radius 3 is 2.87 bits per heavy atom. The van der Waals surface area contributed by atoms with Crippen LogP contribution in [0.2, 0.25) is 0 Å². The Hall–Kier alpha value is -1.75. The summed E-state index contributed by atoms with van der Waals surface area (Å²) < 4.78 is 0. The van der Waals surface area contributed by atoms with Crippen LogP contribution in [-0.4, -0.2) is 22.0 Å². The fourth-order valence-electron chi connectivity index (χ4n) is 1.22. The number of nitrogens with one attached hydrogen (secondary N) is 1. The number of hydrogen-bond donors (Lipinski definition) is 1. The summed E-state index contributed by atoms with van der Waals surface area (Å²) in [6, 6.07) is 3.15. The Labute approximate surface area is 90.0 Å². The molecule has 76 valence electrons. The molecule has 15 heavy (non-hydrogen) atoms. The van der Waals surface area contributed by atoms with Crippen molar-refractivity contribution >= 4 is 23.4 Å². The molecule has 2 aromatic heterocycles. The second-order valence-corrected chi connectivity index (χ2v) is 4.09. The summed E-state index contributed by atoms with van der Waals surface area (Å²) in [6.45, 7) is 1.84. The lowest BCUT2D eigenvalue weighted by Gasteiger charge is -1.91. The van der Waals surface area contributed by atoms with Crippen LogP contribution in [0.25, 0.3) is 0 Å².